The van der Waals surface area contributed by atoms with Crippen LogP contribution in [0.4, 0.5) is 34.1 Å². The number of para-hydroxylation sites is 4. The Labute approximate surface area is 659 Å². The standard InChI is InChI=1S/C102H79BN4O/c1-100(2,3)70-54-79(62-26-12-10-13-27-62)98-81(56-70)68-32-24-30-64(50-68)66-42-48-95-83(52-66)84-53-67(43-49-96(84)108-95)65-31-25-33-69(51-65)82-57-71(101(4,5)6)55-80(63-28-14-11-15-29-63)99(82)107-92-61-74(105-89-40-22-18-36-77(89)78-37-19-23-41-90(78)105)45-47-86(92)103-85-46-44-73(104-87-38-20-16-34-75(87)76-35-17-21-39-88(76)104)60-91(85)106(98)93-58-72(102(7,8)9)59-94(107)97(93)103/h10-61H,1-9H3/i16D,17D,18D,19D,20D,21D,22D,23D,34D,35D,36D,37D,38D,39D,40D,41D,54D,55D,56D,57D. The van der Waals surface area contributed by atoms with E-state index < -0.39 is 120 Å². The van der Waals surface area contributed by atoms with Crippen LogP contribution in [0.25, 0.3) is 144 Å². The lowest BCUT2D eigenvalue weighted by atomic mass is 9.33. The van der Waals surface area contributed by atoms with Crippen molar-refractivity contribution in [3.05, 3.63) is 332 Å². The molecule has 5 nitrogen and oxygen atoms in total. The summed E-state index contributed by atoms with van der Waals surface area (Å²) in [7, 11) is 0. The summed E-state index contributed by atoms with van der Waals surface area (Å²) in [6.45, 7) is 17.2. The second-order valence-electron chi connectivity index (χ2n) is 31.7. The van der Waals surface area contributed by atoms with Gasteiger partial charge in [-0.1, -0.05) is 256 Å². The lowest BCUT2D eigenvalue weighted by molar-refractivity contribution is 0.590. The summed E-state index contributed by atoms with van der Waals surface area (Å²) in [6.07, 6.45) is 0. The summed E-state index contributed by atoms with van der Waals surface area (Å²) >= 11 is 0. The zero-order valence-corrected chi connectivity index (χ0v) is 60.7. The fourth-order valence-electron chi connectivity index (χ4n) is 16.7. The van der Waals surface area contributed by atoms with E-state index in [-0.39, 0.29) is 79.2 Å². The van der Waals surface area contributed by atoms with Gasteiger partial charge in [0.05, 0.1) is 60.9 Å². The lowest BCUT2D eigenvalue weighted by Gasteiger charge is -2.47. The maximum atomic E-state index is 11.4. The van der Waals surface area contributed by atoms with Crippen LogP contribution in [-0.2, 0) is 16.2 Å². The summed E-state index contributed by atoms with van der Waals surface area (Å²) in [6, 6.07) is 53.6. The SMILES string of the molecule is [2H]c1c(-c2ccccc2)c2c(c([2H])c1C(C)(C)C)-c1cccc(c1)-c1ccc3oc4ccc(cc4c3c1)-c1cccc(c1)-c1c([2H])c(C(C)(C)C)c([2H])c(-c3ccccc3)c1N1c3cc(-n4c5c([2H])c([2H])c([2H])c([2H])c5c5c([2H])c([2H])c([2H])c([2H])c54)ccc3B3c4ccc(-n5c6c([2H])c([2H])c([2H])c([2H])c6c6c([2H])c([2H])c([2H])c([2H])c65)cc4N2c2cc(C(C)(C)C)cc1c23. The molecular formula is C102H79BN4O. The number of fused-ring (bicyclic) bond motifs is 26. The van der Waals surface area contributed by atoms with E-state index in [1.807, 2.05) is 187 Å². The van der Waals surface area contributed by atoms with Crippen molar-refractivity contribution in [2.45, 2.75) is 78.6 Å². The van der Waals surface area contributed by atoms with Crippen molar-refractivity contribution in [2.75, 3.05) is 9.80 Å². The van der Waals surface area contributed by atoms with Gasteiger partial charge in [-0.3, -0.25) is 0 Å². The molecule has 0 saturated carbocycles. The fourth-order valence-corrected chi connectivity index (χ4v) is 16.7. The third-order valence-corrected chi connectivity index (χ3v) is 21.9. The molecule has 0 atom stereocenters. The summed E-state index contributed by atoms with van der Waals surface area (Å²) in [5.74, 6) is 0. The van der Waals surface area contributed by atoms with Crippen LogP contribution in [0.2, 0.25) is 0 Å². The predicted octanol–water partition coefficient (Wildman–Crippen LogP) is 26.1. The first-order valence-corrected chi connectivity index (χ1v) is 36.5. The molecule has 0 saturated heterocycles. The number of nitrogens with zero attached hydrogens (tertiary/aromatic N) is 4. The van der Waals surface area contributed by atoms with Crippen molar-refractivity contribution in [1.29, 1.82) is 0 Å². The monoisotopic (exact) mass is 1410 g/mol. The lowest BCUT2D eigenvalue weighted by Crippen LogP contribution is -2.61. The van der Waals surface area contributed by atoms with Crippen LogP contribution < -0.4 is 26.2 Å². The van der Waals surface area contributed by atoms with Gasteiger partial charge in [0, 0.05) is 88.7 Å². The van der Waals surface area contributed by atoms with Crippen molar-refractivity contribution in [1.82, 2.24) is 9.13 Å². The minimum absolute atomic E-state index is 0.0228. The first-order chi connectivity index (χ1) is 60.8. The molecule has 3 aliphatic heterocycles. The Hall–Kier alpha value is -12.6. The zero-order chi connectivity index (χ0) is 90.2. The van der Waals surface area contributed by atoms with Crippen LogP contribution >= 0.6 is 0 Å². The van der Waals surface area contributed by atoms with E-state index in [4.69, 9.17) is 4.42 Å². The molecule has 3 aliphatic rings. The number of benzene rings is 15. The molecular weight excluding hydrogens is 1310 g/mol. The minimum Gasteiger partial charge on any atom is -0.456 e. The normalized spacial score (nSPS) is 15.8. The molecule has 108 heavy (non-hydrogen) atoms. The van der Waals surface area contributed by atoms with E-state index in [0.29, 0.717) is 123 Å². The molecule has 0 N–H and O–H groups in total. The maximum Gasteiger partial charge on any atom is 0.252 e. The van der Waals surface area contributed by atoms with Gasteiger partial charge in [-0.15, -0.1) is 0 Å². The summed E-state index contributed by atoms with van der Waals surface area (Å²) in [5.41, 5.74) is 11.2. The zero-order valence-electron chi connectivity index (χ0n) is 80.7. The third kappa shape index (κ3) is 9.78. The molecule has 6 heterocycles. The molecule has 0 fully saturated rings. The molecule has 0 aliphatic carbocycles. The van der Waals surface area contributed by atoms with Gasteiger partial charge in [0.15, 0.2) is 0 Å². The van der Waals surface area contributed by atoms with Crippen molar-refractivity contribution in [2.24, 2.45) is 0 Å². The highest BCUT2D eigenvalue weighted by Gasteiger charge is 2.47. The topological polar surface area (TPSA) is 29.5 Å². The van der Waals surface area contributed by atoms with E-state index >= 15 is 0 Å². The molecule has 18 aromatic rings. The van der Waals surface area contributed by atoms with E-state index in [1.165, 1.54) is 9.13 Å². The van der Waals surface area contributed by atoms with Gasteiger partial charge in [0.25, 0.3) is 6.71 Å². The van der Waals surface area contributed by atoms with Gasteiger partial charge in [-0.2, -0.15) is 0 Å². The van der Waals surface area contributed by atoms with Crippen LogP contribution in [0.15, 0.2) is 319 Å². The minimum atomic E-state index is -0.993. The van der Waals surface area contributed by atoms with Gasteiger partial charge in [-0.05, 0) is 215 Å². The first kappa shape index (κ1) is 46.3. The van der Waals surface area contributed by atoms with Gasteiger partial charge >= 0.3 is 0 Å². The molecule has 0 amide bonds. The van der Waals surface area contributed by atoms with Crippen molar-refractivity contribution in [3.63, 3.8) is 0 Å². The molecule has 0 radical (unpaired) electrons. The van der Waals surface area contributed by atoms with Crippen LogP contribution in [-0.4, -0.2) is 15.8 Å². The van der Waals surface area contributed by atoms with Gasteiger partial charge in [0.1, 0.15) is 11.2 Å². The first-order valence-electron chi connectivity index (χ1n) is 46.5. The highest BCUT2D eigenvalue weighted by molar-refractivity contribution is 7.00. The Bertz CT molecular complexity index is 7480. The maximum absolute atomic E-state index is 11.4. The highest BCUT2D eigenvalue weighted by atomic mass is 16.3. The highest BCUT2D eigenvalue weighted by Crippen LogP contribution is 2.56. The molecule has 516 valence electrons. The van der Waals surface area contributed by atoms with Gasteiger partial charge in [-0.25, -0.2) is 0 Å². The fraction of sp³-hybridized carbons (Fsp3) is 0.118. The van der Waals surface area contributed by atoms with Crippen LogP contribution in [0, 0.1) is 0 Å². The van der Waals surface area contributed by atoms with Crippen molar-refractivity contribution < 1.29 is 31.8 Å². The molecule has 13 bridgehead atoms. The van der Waals surface area contributed by atoms with Crippen LogP contribution in [0.5, 0.6) is 0 Å². The van der Waals surface area contributed by atoms with Gasteiger partial charge < -0.3 is 23.4 Å². The van der Waals surface area contributed by atoms with Crippen molar-refractivity contribution >= 4 is 123 Å². The van der Waals surface area contributed by atoms with Crippen LogP contribution in [0.3, 0.4) is 0 Å². The second kappa shape index (κ2) is 23.4. The Morgan fingerprint density at radius 3 is 1.02 bits per heavy atom. The van der Waals surface area contributed by atoms with E-state index in [0.717, 1.165) is 33.0 Å². The average molecular weight is 1410 g/mol. The Kier molecular flexibility index (Phi) is 10.1. The van der Waals surface area contributed by atoms with E-state index in [1.54, 1.807) is 12.1 Å². The number of furan rings is 1. The molecule has 21 rings (SSSR count). The number of hydrogen-bond donors (Lipinski definition) is 0. The Morgan fingerprint density at radius 1 is 0.296 bits per heavy atom. The number of hydrogen-bond acceptors (Lipinski definition) is 3. The number of rotatable bonds is 4. The Morgan fingerprint density at radius 2 is 0.639 bits per heavy atom. The largest absolute Gasteiger partial charge is 0.456 e. The molecule has 6 heteroatoms. The Balaban J connectivity index is 1.03. The summed E-state index contributed by atoms with van der Waals surface area (Å²) in [4.78, 5) is 4.21. The quantitative estimate of drug-likeness (QED) is 0.165. The molecule has 3 aromatic heterocycles. The number of aromatic nitrogens is 2. The summed E-state index contributed by atoms with van der Waals surface area (Å²) < 4.78 is 208. The molecule has 0 spiro atoms. The molecule has 15 aromatic carbocycles. The third-order valence-electron chi connectivity index (χ3n) is 21.9. The van der Waals surface area contributed by atoms with Gasteiger partial charge in [0.2, 0.25) is 0 Å². The van der Waals surface area contributed by atoms with Crippen molar-refractivity contribution in [3.8, 4) is 78.1 Å². The summed E-state index contributed by atoms with van der Waals surface area (Å²) in [5, 5.41) is 1.03. The number of anilines is 6. The second-order valence-corrected chi connectivity index (χ2v) is 31.7. The predicted molar refractivity (Wildman–Crippen MR) is 459 cm³/mol. The average Bonchev–Trinajstić information content (AvgIpc) is 1.31. The van der Waals surface area contributed by atoms with E-state index in [9.17, 15) is 27.4 Å². The van der Waals surface area contributed by atoms with E-state index in [2.05, 4.69) is 67.0 Å². The smallest absolute Gasteiger partial charge is 0.252 e. The van der Waals surface area contributed by atoms with Crippen LogP contribution in [0.1, 0.15) is 106 Å². The molecule has 0 unspecified atom stereocenters.